The first-order valence-corrected chi connectivity index (χ1v) is 8.37. The second kappa shape index (κ2) is 7.62. The Balaban J connectivity index is 1.46. The van der Waals surface area contributed by atoms with Crippen LogP contribution in [0.15, 0.2) is 54.6 Å². The second-order valence-electron chi connectivity index (χ2n) is 6.08. The highest BCUT2D eigenvalue weighted by atomic mass is 35.5. The summed E-state index contributed by atoms with van der Waals surface area (Å²) in [6.45, 7) is 2.90. The van der Waals surface area contributed by atoms with Crippen LogP contribution >= 0.6 is 11.6 Å². The predicted octanol–water partition coefficient (Wildman–Crippen LogP) is 3.27. The van der Waals surface area contributed by atoms with Gasteiger partial charge in [0.05, 0.1) is 6.42 Å². The molecule has 1 saturated heterocycles. The summed E-state index contributed by atoms with van der Waals surface area (Å²) in [4.78, 5) is 14.5. The molecular weight excluding hydrogens is 308 g/mol. The summed E-state index contributed by atoms with van der Waals surface area (Å²) in [5.41, 5.74) is 2.31. The molecule has 1 atom stereocenters. The van der Waals surface area contributed by atoms with Gasteiger partial charge in [0.2, 0.25) is 5.91 Å². The lowest BCUT2D eigenvalue weighted by Gasteiger charge is -2.17. The number of amides is 1. The predicted molar refractivity (Wildman–Crippen MR) is 93.4 cm³/mol. The lowest BCUT2D eigenvalue weighted by Crippen LogP contribution is -2.37. The average Bonchev–Trinajstić information content (AvgIpc) is 2.97. The van der Waals surface area contributed by atoms with Crippen molar-refractivity contribution in [3.8, 4) is 0 Å². The van der Waals surface area contributed by atoms with E-state index in [9.17, 15) is 4.79 Å². The van der Waals surface area contributed by atoms with Crippen molar-refractivity contribution in [1.29, 1.82) is 0 Å². The number of hydrogen-bond acceptors (Lipinski definition) is 2. The fraction of sp³-hybridized carbons (Fsp3) is 0.316. The summed E-state index contributed by atoms with van der Waals surface area (Å²) in [5, 5.41) is 3.84. The molecule has 4 heteroatoms. The van der Waals surface area contributed by atoms with Crippen LogP contribution in [0.5, 0.6) is 0 Å². The summed E-state index contributed by atoms with van der Waals surface area (Å²) in [6.07, 6.45) is 1.42. The minimum absolute atomic E-state index is 0.0823. The van der Waals surface area contributed by atoms with Crippen molar-refractivity contribution < 1.29 is 4.79 Å². The van der Waals surface area contributed by atoms with Crippen LogP contribution in [-0.4, -0.2) is 29.9 Å². The smallest absolute Gasteiger partial charge is 0.224 e. The maximum Gasteiger partial charge on any atom is 0.224 e. The number of likely N-dealkylation sites (tertiary alicyclic amines) is 1. The molecule has 0 spiro atoms. The minimum Gasteiger partial charge on any atom is -0.352 e. The first-order valence-electron chi connectivity index (χ1n) is 7.99. The third-order valence-corrected chi connectivity index (χ3v) is 4.42. The lowest BCUT2D eigenvalue weighted by atomic mass is 10.1. The molecule has 1 heterocycles. The zero-order valence-electron chi connectivity index (χ0n) is 13.0. The van der Waals surface area contributed by atoms with Crippen molar-refractivity contribution in [2.45, 2.75) is 25.4 Å². The van der Waals surface area contributed by atoms with Crippen LogP contribution in [-0.2, 0) is 17.8 Å². The van der Waals surface area contributed by atoms with Crippen LogP contribution in [0.1, 0.15) is 17.5 Å². The number of carbonyl (C=O) groups is 1. The molecule has 0 radical (unpaired) electrons. The number of nitrogens with one attached hydrogen (secondary N) is 1. The average molecular weight is 329 g/mol. The molecule has 1 aliphatic heterocycles. The minimum atomic E-state index is 0.0823. The first-order chi connectivity index (χ1) is 11.2. The Morgan fingerprint density at radius 3 is 2.57 bits per heavy atom. The SMILES string of the molecule is O=C(Cc1ccc(Cl)cc1)NC1CCN(Cc2ccccc2)C1. The number of benzene rings is 2. The maximum absolute atomic E-state index is 12.2. The van der Waals surface area contributed by atoms with Crippen LogP contribution in [0.25, 0.3) is 0 Å². The van der Waals surface area contributed by atoms with Gasteiger partial charge in [0.1, 0.15) is 0 Å². The van der Waals surface area contributed by atoms with E-state index >= 15 is 0 Å². The van der Waals surface area contributed by atoms with Gasteiger partial charge in [0.15, 0.2) is 0 Å². The highest BCUT2D eigenvalue weighted by Gasteiger charge is 2.23. The van der Waals surface area contributed by atoms with Gasteiger partial charge in [0, 0.05) is 30.7 Å². The van der Waals surface area contributed by atoms with Gasteiger partial charge in [-0.2, -0.15) is 0 Å². The van der Waals surface area contributed by atoms with Crippen molar-refractivity contribution in [2.75, 3.05) is 13.1 Å². The molecule has 2 aromatic carbocycles. The van der Waals surface area contributed by atoms with Gasteiger partial charge < -0.3 is 5.32 Å². The number of nitrogens with zero attached hydrogens (tertiary/aromatic N) is 1. The number of halogens is 1. The quantitative estimate of drug-likeness (QED) is 0.913. The van der Waals surface area contributed by atoms with Crippen LogP contribution in [0, 0.1) is 0 Å². The molecule has 1 amide bonds. The van der Waals surface area contributed by atoms with Crippen molar-refractivity contribution in [1.82, 2.24) is 10.2 Å². The topological polar surface area (TPSA) is 32.3 Å². The zero-order chi connectivity index (χ0) is 16.1. The normalized spacial score (nSPS) is 18.0. The molecule has 2 aromatic rings. The van der Waals surface area contributed by atoms with E-state index in [1.165, 1.54) is 5.56 Å². The fourth-order valence-electron chi connectivity index (χ4n) is 3.00. The van der Waals surface area contributed by atoms with Gasteiger partial charge >= 0.3 is 0 Å². The molecule has 3 nitrogen and oxygen atoms in total. The molecule has 23 heavy (non-hydrogen) atoms. The monoisotopic (exact) mass is 328 g/mol. The summed E-state index contributed by atoms with van der Waals surface area (Å²) >= 11 is 5.86. The summed E-state index contributed by atoms with van der Waals surface area (Å²) < 4.78 is 0. The van der Waals surface area contributed by atoms with Gasteiger partial charge in [0.25, 0.3) is 0 Å². The van der Waals surface area contributed by atoms with Crippen molar-refractivity contribution >= 4 is 17.5 Å². The summed E-state index contributed by atoms with van der Waals surface area (Å²) in [7, 11) is 0. The van der Waals surface area contributed by atoms with E-state index in [4.69, 9.17) is 11.6 Å². The molecule has 1 aliphatic rings. The fourth-order valence-corrected chi connectivity index (χ4v) is 3.13. The largest absolute Gasteiger partial charge is 0.352 e. The molecular formula is C19H21ClN2O. The molecule has 0 aromatic heterocycles. The Kier molecular flexibility index (Phi) is 5.31. The Hall–Kier alpha value is -1.84. The van der Waals surface area contributed by atoms with Crippen molar-refractivity contribution in [3.63, 3.8) is 0 Å². The molecule has 0 saturated carbocycles. The highest BCUT2D eigenvalue weighted by molar-refractivity contribution is 6.30. The van der Waals surface area contributed by atoms with Crippen molar-refractivity contribution in [2.24, 2.45) is 0 Å². The van der Waals surface area contributed by atoms with Crippen molar-refractivity contribution in [3.05, 3.63) is 70.7 Å². The third-order valence-electron chi connectivity index (χ3n) is 4.16. The van der Waals surface area contributed by atoms with E-state index in [-0.39, 0.29) is 11.9 Å². The van der Waals surface area contributed by atoms with Gasteiger partial charge in [-0.05, 0) is 29.7 Å². The van der Waals surface area contributed by atoms with E-state index in [1.54, 1.807) is 0 Å². The maximum atomic E-state index is 12.2. The van der Waals surface area contributed by atoms with Gasteiger partial charge in [-0.15, -0.1) is 0 Å². The Bertz CT molecular complexity index is 642. The van der Waals surface area contributed by atoms with E-state index in [0.717, 1.165) is 31.6 Å². The molecule has 0 bridgehead atoms. The number of hydrogen-bond donors (Lipinski definition) is 1. The van der Waals surface area contributed by atoms with Gasteiger partial charge in [-0.1, -0.05) is 54.1 Å². The standard InChI is InChI=1S/C19H21ClN2O/c20-17-8-6-15(7-9-17)12-19(23)21-18-10-11-22(14-18)13-16-4-2-1-3-5-16/h1-9,18H,10-14H2,(H,21,23). The first kappa shape index (κ1) is 16.0. The van der Waals surface area contributed by atoms with E-state index < -0.39 is 0 Å². The van der Waals surface area contributed by atoms with Gasteiger partial charge in [-0.25, -0.2) is 0 Å². The third kappa shape index (κ3) is 4.81. The molecule has 1 N–H and O–H groups in total. The second-order valence-corrected chi connectivity index (χ2v) is 6.51. The Labute approximate surface area is 142 Å². The van der Waals surface area contributed by atoms with E-state index in [1.807, 2.05) is 30.3 Å². The molecule has 120 valence electrons. The highest BCUT2D eigenvalue weighted by Crippen LogP contribution is 2.14. The summed E-state index contributed by atoms with van der Waals surface area (Å²) in [5.74, 6) is 0.0823. The van der Waals surface area contributed by atoms with Crippen LogP contribution in [0.2, 0.25) is 5.02 Å². The molecule has 1 unspecified atom stereocenters. The Morgan fingerprint density at radius 2 is 1.83 bits per heavy atom. The lowest BCUT2D eigenvalue weighted by molar-refractivity contribution is -0.121. The van der Waals surface area contributed by atoms with Gasteiger partial charge in [-0.3, -0.25) is 9.69 Å². The Morgan fingerprint density at radius 1 is 1.09 bits per heavy atom. The van der Waals surface area contributed by atoms with Crippen LogP contribution in [0.4, 0.5) is 0 Å². The number of carbonyl (C=O) groups excluding carboxylic acids is 1. The number of rotatable bonds is 5. The van der Waals surface area contributed by atoms with E-state index in [2.05, 4.69) is 34.5 Å². The van der Waals surface area contributed by atoms with Crippen LogP contribution < -0.4 is 5.32 Å². The molecule has 3 rings (SSSR count). The van der Waals surface area contributed by atoms with Crippen LogP contribution in [0.3, 0.4) is 0 Å². The van der Waals surface area contributed by atoms with E-state index in [0.29, 0.717) is 11.4 Å². The zero-order valence-corrected chi connectivity index (χ0v) is 13.8. The molecule has 1 fully saturated rings. The summed E-state index contributed by atoms with van der Waals surface area (Å²) in [6, 6.07) is 18.2. The molecule has 0 aliphatic carbocycles.